The molecule has 36 heavy (non-hydrogen) atoms. The maximum absolute atomic E-state index is 14.1. The van der Waals surface area contributed by atoms with Crippen LogP contribution < -0.4 is 10.2 Å². The second kappa shape index (κ2) is 12.1. The van der Waals surface area contributed by atoms with E-state index in [0.29, 0.717) is 49.8 Å². The molecule has 3 rings (SSSR count). The summed E-state index contributed by atoms with van der Waals surface area (Å²) in [6.07, 6.45) is 2.11. The van der Waals surface area contributed by atoms with Crippen molar-refractivity contribution in [1.82, 2.24) is 19.8 Å². The van der Waals surface area contributed by atoms with E-state index < -0.39 is 11.6 Å². The van der Waals surface area contributed by atoms with Crippen LogP contribution in [0.2, 0.25) is 0 Å². The summed E-state index contributed by atoms with van der Waals surface area (Å²) in [5.74, 6) is -0.178. The van der Waals surface area contributed by atoms with Crippen molar-refractivity contribution in [3.8, 4) is 6.07 Å². The summed E-state index contributed by atoms with van der Waals surface area (Å²) in [6.45, 7) is 6.42. The molecule has 2 heterocycles. The van der Waals surface area contributed by atoms with Crippen LogP contribution >= 0.6 is 0 Å². The van der Waals surface area contributed by atoms with Gasteiger partial charge >= 0.3 is 0 Å². The van der Waals surface area contributed by atoms with E-state index in [2.05, 4.69) is 26.3 Å². The molecule has 0 saturated carbocycles. The molecule has 1 amide bonds. The molecule has 1 fully saturated rings. The molecular formula is C26H35F2N7O. The number of nitrogens with zero attached hydrogens (tertiary/aromatic N) is 6. The topological polar surface area (TPSA) is 88.4 Å². The van der Waals surface area contributed by atoms with Crippen LogP contribution in [0.5, 0.6) is 0 Å². The van der Waals surface area contributed by atoms with Crippen molar-refractivity contribution < 1.29 is 13.6 Å². The van der Waals surface area contributed by atoms with Gasteiger partial charge in [-0.2, -0.15) is 5.26 Å². The zero-order valence-corrected chi connectivity index (χ0v) is 21.7. The first kappa shape index (κ1) is 27.3. The minimum absolute atomic E-state index is 0.00323. The van der Waals surface area contributed by atoms with Gasteiger partial charge in [-0.05, 0) is 64.8 Å². The number of piperidine rings is 1. The number of carbonyl (C=O) groups excluding carboxylic acids is 1. The van der Waals surface area contributed by atoms with Gasteiger partial charge in [-0.25, -0.2) is 18.7 Å². The van der Waals surface area contributed by atoms with Crippen molar-refractivity contribution in [3.05, 3.63) is 46.8 Å². The molecule has 1 aliphatic heterocycles. The summed E-state index contributed by atoms with van der Waals surface area (Å²) >= 11 is 0. The van der Waals surface area contributed by atoms with E-state index in [-0.39, 0.29) is 29.3 Å². The highest BCUT2D eigenvalue weighted by atomic mass is 19.1. The Labute approximate surface area is 211 Å². The third kappa shape index (κ3) is 6.88. The molecule has 1 aromatic heterocycles. The molecule has 10 heteroatoms. The third-order valence-corrected chi connectivity index (χ3v) is 6.28. The van der Waals surface area contributed by atoms with Crippen LogP contribution in [0, 0.1) is 28.9 Å². The molecule has 1 N–H and O–H groups in total. The Kier molecular flexibility index (Phi) is 9.15. The van der Waals surface area contributed by atoms with Crippen molar-refractivity contribution in [1.29, 1.82) is 5.26 Å². The van der Waals surface area contributed by atoms with Gasteiger partial charge in [0.2, 0.25) is 0 Å². The molecule has 194 valence electrons. The number of amides is 1. The summed E-state index contributed by atoms with van der Waals surface area (Å²) in [5, 5.41) is 13.1. The highest BCUT2D eigenvalue weighted by Crippen LogP contribution is 2.30. The van der Waals surface area contributed by atoms with Gasteiger partial charge in [0.05, 0.1) is 0 Å². The maximum atomic E-state index is 14.1. The van der Waals surface area contributed by atoms with Crippen LogP contribution in [0.25, 0.3) is 0 Å². The number of hydrogen-bond donors (Lipinski definition) is 1. The molecule has 8 nitrogen and oxygen atoms in total. The Balaban J connectivity index is 1.80. The van der Waals surface area contributed by atoms with E-state index in [1.165, 1.54) is 12.1 Å². The fourth-order valence-electron chi connectivity index (χ4n) is 4.22. The number of nitriles is 1. The van der Waals surface area contributed by atoms with E-state index in [1.54, 1.807) is 11.9 Å². The van der Waals surface area contributed by atoms with E-state index in [9.17, 15) is 18.8 Å². The molecule has 0 radical (unpaired) electrons. The second-order valence-corrected chi connectivity index (χ2v) is 9.90. The van der Waals surface area contributed by atoms with E-state index >= 15 is 0 Å². The Morgan fingerprint density at radius 2 is 1.89 bits per heavy atom. The largest absolute Gasteiger partial charge is 0.365 e. The standard InChI is InChI=1S/C26H35F2N7O/c1-17(2)30-24-25(31-22(16-29)23(32-24)26(36)34(5)13-12-33(3)4)35-10-8-18(9-11-35)14-19-6-7-20(27)15-21(19)28/h6-7,15,17-18H,8-14H2,1-5H3,(H,30,32). The lowest BCUT2D eigenvalue weighted by Gasteiger charge is -2.34. The van der Waals surface area contributed by atoms with Gasteiger partial charge in [0.25, 0.3) is 5.91 Å². The molecule has 1 aliphatic rings. The van der Waals surface area contributed by atoms with Gasteiger partial charge in [0, 0.05) is 45.3 Å². The normalized spacial score (nSPS) is 14.3. The second-order valence-electron chi connectivity index (χ2n) is 9.90. The molecule has 0 spiro atoms. The molecule has 2 aromatic rings. The minimum Gasteiger partial charge on any atom is -0.365 e. The minimum atomic E-state index is -0.575. The Morgan fingerprint density at radius 1 is 1.19 bits per heavy atom. The van der Waals surface area contributed by atoms with Crippen LogP contribution in [-0.4, -0.2) is 79.0 Å². The number of hydrogen-bond acceptors (Lipinski definition) is 7. The fraction of sp³-hybridized carbons (Fsp3) is 0.538. The number of aromatic nitrogens is 2. The summed E-state index contributed by atoms with van der Waals surface area (Å²) in [6, 6.07) is 5.82. The average molecular weight is 500 g/mol. The maximum Gasteiger partial charge on any atom is 0.275 e. The first-order valence-corrected chi connectivity index (χ1v) is 12.3. The van der Waals surface area contributed by atoms with Crippen molar-refractivity contribution in [2.45, 2.75) is 39.2 Å². The van der Waals surface area contributed by atoms with E-state index in [0.717, 1.165) is 18.9 Å². The SMILES string of the molecule is CC(C)Nc1nc(C(=O)N(C)CCN(C)C)c(C#N)nc1N1CCC(Cc2ccc(F)cc2F)CC1. The fourth-order valence-corrected chi connectivity index (χ4v) is 4.22. The zero-order chi connectivity index (χ0) is 26.4. The highest BCUT2D eigenvalue weighted by molar-refractivity contribution is 5.95. The van der Waals surface area contributed by atoms with E-state index in [1.807, 2.05) is 32.8 Å². The summed E-state index contributed by atoms with van der Waals surface area (Å²) in [5.41, 5.74) is 0.550. The number of anilines is 2. The van der Waals surface area contributed by atoms with Crippen LogP contribution in [-0.2, 0) is 6.42 Å². The van der Waals surface area contributed by atoms with Gasteiger partial charge in [-0.1, -0.05) is 6.07 Å². The van der Waals surface area contributed by atoms with Crippen molar-refractivity contribution in [3.63, 3.8) is 0 Å². The number of rotatable bonds is 9. The van der Waals surface area contributed by atoms with Gasteiger partial charge in [0.1, 0.15) is 17.7 Å². The first-order valence-electron chi connectivity index (χ1n) is 12.3. The molecule has 1 aromatic carbocycles. The lowest BCUT2D eigenvalue weighted by molar-refractivity contribution is 0.0780. The average Bonchev–Trinajstić information content (AvgIpc) is 2.83. The third-order valence-electron chi connectivity index (χ3n) is 6.28. The molecule has 0 unspecified atom stereocenters. The monoisotopic (exact) mass is 499 g/mol. The lowest BCUT2D eigenvalue weighted by atomic mass is 9.90. The van der Waals surface area contributed by atoms with Crippen LogP contribution in [0.4, 0.5) is 20.4 Å². The lowest BCUT2D eigenvalue weighted by Crippen LogP contribution is -2.37. The summed E-state index contributed by atoms with van der Waals surface area (Å²) in [7, 11) is 5.54. The predicted molar refractivity (Wildman–Crippen MR) is 136 cm³/mol. The van der Waals surface area contributed by atoms with Gasteiger partial charge in [0.15, 0.2) is 23.0 Å². The molecule has 0 bridgehead atoms. The Hall–Kier alpha value is -3.32. The Morgan fingerprint density at radius 3 is 2.47 bits per heavy atom. The molecule has 0 aliphatic carbocycles. The predicted octanol–water partition coefficient (Wildman–Crippen LogP) is 3.54. The summed E-state index contributed by atoms with van der Waals surface area (Å²) < 4.78 is 27.3. The van der Waals surface area contributed by atoms with Gasteiger partial charge in [-0.15, -0.1) is 0 Å². The van der Waals surface area contributed by atoms with Gasteiger partial charge < -0.3 is 20.0 Å². The van der Waals surface area contributed by atoms with E-state index in [4.69, 9.17) is 0 Å². The smallest absolute Gasteiger partial charge is 0.275 e. The number of nitrogens with one attached hydrogen (secondary N) is 1. The number of halogens is 2. The van der Waals surface area contributed by atoms with Gasteiger partial charge in [-0.3, -0.25) is 4.79 Å². The number of benzene rings is 1. The van der Waals surface area contributed by atoms with Crippen molar-refractivity contribution >= 4 is 17.5 Å². The van der Waals surface area contributed by atoms with Crippen LogP contribution in [0.3, 0.4) is 0 Å². The molecule has 0 atom stereocenters. The zero-order valence-electron chi connectivity index (χ0n) is 21.7. The van der Waals surface area contributed by atoms with Crippen molar-refractivity contribution in [2.75, 3.05) is 57.5 Å². The highest BCUT2D eigenvalue weighted by Gasteiger charge is 2.28. The first-order chi connectivity index (χ1) is 17.1. The molecule has 1 saturated heterocycles. The quantitative estimate of drug-likeness (QED) is 0.565. The Bertz CT molecular complexity index is 1110. The number of carbonyl (C=O) groups is 1. The van der Waals surface area contributed by atoms with Crippen molar-refractivity contribution in [2.24, 2.45) is 5.92 Å². The number of likely N-dealkylation sites (N-methyl/N-ethyl adjacent to an activating group) is 2. The molecular weight excluding hydrogens is 464 g/mol. The summed E-state index contributed by atoms with van der Waals surface area (Å²) in [4.78, 5) is 27.8. The van der Waals surface area contributed by atoms with Crippen LogP contribution in [0.1, 0.15) is 48.4 Å². The van der Waals surface area contributed by atoms with Crippen LogP contribution in [0.15, 0.2) is 18.2 Å².